The minimum absolute atomic E-state index is 0.215. The predicted molar refractivity (Wildman–Crippen MR) is 99.0 cm³/mol. The number of hydrogen-bond donors (Lipinski definition) is 1. The Morgan fingerprint density at radius 1 is 1.32 bits per heavy atom. The second kappa shape index (κ2) is 8.28. The van der Waals surface area contributed by atoms with Gasteiger partial charge < -0.3 is 4.74 Å². The van der Waals surface area contributed by atoms with E-state index in [2.05, 4.69) is 49.0 Å². The highest BCUT2D eigenvalue weighted by Gasteiger charge is 2.04. The molecule has 0 saturated carbocycles. The van der Waals surface area contributed by atoms with Crippen molar-refractivity contribution in [1.82, 2.24) is 5.43 Å². The molecule has 2 aromatic carbocycles. The summed E-state index contributed by atoms with van der Waals surface area (Å²) in [5.41, 5.74) is 4.26. The number of hydrogen-bond acceptors (Lipinski definition) is 3. The molecule has 4 nitrogen and oxygen atoms in total. The molecule has 0 aliphatic carbocycles. The molecule has 0 bridgehead atoms. The van der Waals surface area contributed by atoms with Gasteiger partial charge in [-0.1, -0.05) is 28.1 Å². The molecule has 0 aliphatic heterocycles. The first-order valence-corrected chi connectivity index (χ1v) is 8.38. The van der Waals surface area contributed by atoms with Gasteiger partial charge in [0.2, 0.25) is 5.91 Å². The fraction of sp³-hybridized carbons (Fsp3) is 0.125. The summed E-state index contributed by atoms with van der Waals surface area (Å²) in [6.45, 7) is 1.88. The van der Waals surface area contributed by atoms with Crippen LogP contribution in [0.5, 0.6) is 5.75 Å². The summed E-state index contributed by atoms with van der Waals surface area (Å²) in [7, 11) is 0. The van der Waals surface area contributed by atoms with Crippen LogP contribution in [0.25, 0.3) is 0 Å². The van der Waals surface area contributed by atoms with Gasteiger partial charge in [0.25, 0.3) is 0 Å². The lowest BCUT2D eigenvalue weighted by atomic mass is 10.2. The van der Waals surface area contributed by atoms with Crippen molar-refractivity contribution >= 4 is 50.6 Å². The topological polar surface area (TPSA) is 50.7 Å². The Morgan fingerprint density at radius 2 is 2.05 bits per heavy atom. The van der Waals surface area contributed by atoms with Crippen LogP contribution in [0.1, 0.15) is 18.1 Å². The summed E-state index contributed by atoms with van der Waals surface area (Å²) in [5.74, 6) is 0.489. The lowest BCUT2D eigenvalue weighted by molar-refractivity contribution is -0.118. The van der Waals surface area contributed by atoms with Gasteiger partial charge in [-0.15, -0.1) is 0 Å². The number of rotatable bonds is 5. The third-order valence-electron chi connectivity index (χ3n) is 2.71. The molecule has 0 aliphatic rings. The Labute approximate surface area is 151 Å². The van der Waals surface area contributed by atoms with E-state index in [9.17, 15) is 4.79 Å². The number of nitrogens with zero attached hydrogens (tertiary/aromatic N) is 1. The molecule has 2 rings (SSSR count). The molecule has 1 amide bonds. The maximum Gasteiger partial charge on any atom is 0.236 e. The van der Waals surface area contributed by atoms with Gasteiger partial charge in [-0.3, -0.25) is 4.79 Å². The van der Waals surface area contributed by atoms with Crippen molar-refractivity contribution in [2.75, 3.05) is 0 Å². The van der Waals surface area contributed by atoms with Crippen molar-refractivity contribution in [3.8, 4) is 5.75 Å². The fourth-order valence-corrected chi connectivity index (χ4v) is 2.42. The van der Waals surface area contributed by atoms with E-state index >= 15 is 0 Å². The molecule has 0 saturated heterocycles. The van der Waals surface area contributed by atoms with E-state index < -0.39 is 0 Å². The van der Waals surface area contributed by atoms with Crippen molar-refractivity contribution in [3.05, 3.63) is 61.6 Å². The SMILES string of the molecule is CC(=O)N/N=C\c1cc(Br)ccc1OCc1ccc(I)cc1. The van der Waals surface area contributed by atoms with Crippen molar-refractivity contribution in [3.63, 3.8) is 0 Å². The summed E-state index contributed by atoms with van der Waals surface area (Å²) < 4.78 is 7.95. The van der Waals surface area contributed by atoms with Gasteiger partial charge in [0, 0.05) is 20.5 Å². The third-order valence-corrected chi connectivity index (χ3v) is 3.92. The van der Waals surface area contributed by atoms with Crippen LogP contribution in [0.15, 0.2) is 52.0 Å². The van der Waals surface area contributed by atoms with Crippen LogP contribution in [0.4, 0.5) is 0 Å². The van der Waals surface area contributed by atoms with Crippen LogP contribution >= 0.6 is 38.5 Å². The zero-order chi connectivity index (χ0) is 15.9. The van der Waals surface area contributed by atoms with E-state index in [1.54, 1.807) is 6.21 Å². The molecule has 1 N–H and O–H groups in total. The maximum absolute atomic E-state index is 10.9. The minimum atomic E-state index is -0.215. The van der Waals surface area contributed by atoms with Gasteiger partial charge in [-0.25, -0.2) is 5.43 Å². The smallest absolute Gasteiger partial charge is 0.236 e. The first-order chi connectivity index (χ1) is 10.5. The van der Waals surface area contributed by atoms with Gasteiger partial charge in [0.05, 0.1) is 6.21 Å². The summed E-state index contributed by atoms with van der Waals surface area (Å²) in [4.78, 5) is 10.9. The number of ether oxygens (including phenoxy) is 1. The largest absolute Gasteiger partial charge is 0.488 e. The molecule has 0 aromatic heterocycles. The van der Waals surface area contributed by atoms with Crippen LogP contribution in [0.3, 0.4) is 0 Å². The normalized spacial score (nSPS) is 10.7. The van der Waals surface area contributed by atoms with E-state index in [4.69, 9.17) is 4.74 Å². The van der Waals surface area contributed by atoms with Gasteiger partial charge in [-0.05, 0) is 58.5 Å². The fourth-order valence-electron chi connectivity index (χ4n) is 1.69. The van der Waals surface area contributed by atoms with E-state index in [0.29, 0.717) is 12.4 Å². The first kappa shape index (κ1) is 17.0. The highest BCUT2D eigenvalue weighted by atomic mass is 127. The van der Waals surface area contributed by atoms with Crippen molar-refractivity contribution in [2.45, 2.75) is 13.5 Å². The van der Waals surface area contributed by atoms with Crippen molar-refractivity contribution in [1.29, 1.82) is 0 Å². The predicted octanol–water partition coefficient (Wildman–Crippen LogP) is 4.10. The first-order valence-electron chi connectivity index (χ1n) is 6.51. The molecule has 114 valence electrons. The zero-order valence-corrected chi connectivity index (χ0v) is 15.6. The number of nitrogens with one attached hydrogen (secondary N) is 1. The van der Waals surface area contributed by atoms with Crippen molar-refractivity contribution < 1.29 is 9.53 Å². The van der Waals surface area contributed by atoms with Gasteiger partial charge in [-0.2, -0.15) is 5.10 Å². The standard InChI is InChI=1S/C16H14BrIN2O2/c1-11(21)20-19-9-13-8-14(17)4-7-16(13)22-10-12-2-5-15(18)6-3-12/h2-9H,10H2,1H3,(H,20,21)/b19-9-. The van der Waals surface area contributed by atoms with Crippen LogP contribution in [-0.2, 0) is 11.4 Å². The summed E-state index contributed by atoms with van der Waals surface area (Å²) >= 11 is 5.68. The Hall–Kier alpha value is -1.41. The second-order valence-corrected chi connectivity index (χ2v) is 6.68. The number of carbonyl (C=O) groups excluding carboxylic acids is 1. The van der Waals surface area contributed by atoms with E-state index in [-0.39, 0.29) is 5.91 Å². The average molecular weight is 473 g/mol. The quantitative estimate of drug-likeness (QED) is 0.404. The lowest BCUT2D eigenvalue weighted by Crippen LogP contribution is -2.12. The minimum Gasteiger partial charge on any atom is -0.488 e. The van der Waals surface area contributed by atoms with E-state index in [0.717, 1.165) is 15.6 Å². The molecule has 0 heterocycles. The average Bonchev–Trinajstić information content (AvgIpc) is 2.48. The molecule has 0 unspecified atom stereocenters. The number of hydrazone groups is 1. The van der Waals surface area contributed by atoms with E-state index in [1.165, 1.54) is 10.5 Å². The van der Waals surface area contributed by atoms with Gasteiger partial charge in [0.1, 0.15) is 12.4 Å². The number of benzene rings is 2. The summed E-state index contributed by atoms with van der Waals surface area (Å²) in [6, 6.07) is 13.8. The highest BCUT2D eigenvalue weighted by molar-refractivity contribution is 14.1. The molecule has 0 spiro atoms. The number of amides is 1. The second-order valence-electron chi connectivity index (χ2n) is 4.52. The molecular formula is C16H14BrIN2O2. The molecule has 0 fully saturated rings. The zero-order valence-electron chi connectivity index (χ0n) is 11.8. The van der Waals surface area contributed by atoms with Gasteiger partial charge in [0.15, 0.2) is 0 Å². The van der Waals surface area contributed by atoms with Crippen LogP contribution < -0.4 is 10.2 Å². The van der Waals surface area contributed by atoms with Crippen LogP contribution in [0.2, 0.25) is 0 Å². The number of carbonyl (C=O) groups is 1. The maximum atomic E-state index is 10.9. The molecule has 22 heavy (non-hydrogen) atoms. The van der Waals surface area contributed by atoms with Crippen LogP contribution in [0, 0.1) is 3.57 Å². The Balaban J connectivity index is 2.10. The third kappa shape index (κ3) is 5.42. The Bertz CT molecular complexity index is 687. The lowest BCUT2D eigenvalue weighted by Gasteiger charge is -2.10. The van der Waals surface area contributed by atoms with Gasteiger partial charge >= 0.3 is 0 Å². The highest BCUT2D eigenvalue weighted by Crippen LogP contribution is 2.23. The molecule has 0 radical (unpaired) electrons. The molecule has 6 heteroatoms. The van der Waals surface area contributed by atoms with Crippen molar-refractivity contribution in [2.24, 2.45) is 5.10 Å². The van der Waals surface area contributed by atoms with E-state index in [1.807, 2.05) is 42.5 Å². The summed E-state index contributed by atoms with van der Waals surface area (Å²) in [6.07, 6.45) is 1.56. The molecular weight excluding hydrogens is 459 g/mol. The molecule has 2 aromatic rings. The number of halogens is 2. The molecule has 0 atom stereocenters. The van der Waals surface area contributed by atoms with Crippen LogP contribution in [-0.4, -0.2) is 12.1 Å². The monoisotopic (exact) mass is 472 g/mol. The summed E-state index contributed by atoms with van der Waals surface area (Å²) in [5, 5.41) is 3.88. The Morgan fingerprint density at radius 3 is 2.73 bits per heavy atom. The Kier molecular flexibility index (Phi) is 6.38.